The summed E-state index contributed by atoms with van der Waals surface area (Å²) in [6, 6.07) is 12.8. The lowest BCUT2D eigenvalue weighted by molar-refractivity contribution is -0.384. The number of aromatic nitrogens is 2. The van der Waals surface area contributed by atoms with E-state index in [4.69, 9.17) is 0 Å². The number of hydrogen-bond acceptors (Lipinski definition) is 3. The van der Waals surface area contributed by atoms with E-state index in [0.717, 1.165) is 23.3 Å². The molecule has 5 nitrogen and oxygen atoms in total. The first kappa shape index (κ1) is 12.3. The van der Waals surface area contributed by atoms with Crippen molar-refractivity contribution in [3.8, 4) is 11.4 Å². The van der Waals surface area contributed by atoms with E-state index >= 15 is 0 Å². The molecule has 1 aromatic heterocycles. The molecule has 0 saturated heterocycles. The predicted molar refractivity (Wildman–Crippen MR) is 77.6 cm³/mol. The molecule has 100 valence electrons. The summed E-state index contributed by atoms with van der Waals surface area (Å²) < 4.78 is 0. The van der Waals surface area contributed by atoms with Crippen LogP contribution in [0, 0.1) is 10.1 Å². The zero-order chi connectivity index (χ0) is 14.1. The van der Waals surface area contributed by atoms with E-state index in [9.17, 15) is 10.1 Å². The molecule has 5 heteroatoms. The molecule has 0 radical (unpaired) electrons. The summed E-state index contributed by atoms with van der Waals surface area (Å²) in [5, 5.41) is 10.8. The normalized spacial score (nSPS) is 10.8. The van der Waals surface area contributed by atoms with Gasteiger partial charge < -0.3 is 4.98 Å². The molecule has 3 aromatic rings. The summed E-state index contributed by atoms with van der Waals surface area (Å²) in [5.74, 6) is 0.725. The fourth-order valence-electron chi connectivity index (χ4n) is 2.15. The van der Waals surface area contributed by atoms with Crippen LogP contribution in [-0.4, -0.2) is 14.9 Å². The summed E-state index contributed by atoms with van der Waals surface area (Å²) in [6.45, 7) is 2.11. The van der Waals surface area contributed by atoms with Crippen molar-refractivity contribution in [1.29, 1.82) is 0 Å². The van der Waals surface area contributed by atoms with Gasteiger partial charge in [0.25, 0.3) is 5.69 Å². The Morgan fingerprint density at radius 2 is 1.95 bits per heavy atom. The molecular weight excluding hydrogens is 254 g/mol. The van der Waals surface area contributed by atoms with Gasteiger partial charge in [-0.15, -0.1) is 0 Å². The lowest BCUT2D eigenvalue weighted by Crippen LogP contribution is -1.86. The molecule has 0 bridgehead atoms. The molecule has 0 aliphatic heterocycles. The Labute approximate surface area is 115 Å². The lowest BCUT2D eigenvalue weighted by Gasteiger charge is -1.98. The molecule has 20 heavy (non-hydrogen) atoms. The Morgan fingerprint density at radius 3 is 2.60 bits per heavy atom. The number of nitrogens with zero attached hydrogens (tertiary/aromatic N) is 2. The first-order chi connectivity index (χ1) is 9.67. The second-order valence-corrected chi connectivity index (χ2v) is 4.59. The molecule has 0 unspecified atom stereocenters. The van der Waals surface area contributed by atoms with Gasteiger partial charge in [0.2, 0.25) is 0 Å². The number of H-pyrrole nitrogens is 1. The number of rotatable bonds is 3. The van der Waals surface area contributed by atoms with Gasteiger partial charge in [-0.25, -0.2) is 4.98 Å². The van der Waals surface area contributed by atoms with Gasteiger partial charge in [-0.1, -0.05) is 31.2 Å². The lowest BCUT2D eigenvalue weighted by atomic mass is 10.1. The summed E-state index contributed by atoms with van der Waals surface area (Å²) in [7, 11) is 0. The van der Waals surface area contributed by atoms with Crippen molar-refractivity contribution in [1.82, 2.24) is 9.97 Å². The van der Waals surface area contributed by atoms with E-state index in [-0.39, 0.29) is 5.69 Å². The summed E-state index contributed by atoms with van der Waals surface area (Å²) >= 11 is 0. The average Bonchev–Trinajstić information content (AvgIpc) is 2.90. The van der Waals surface area contributed by atoms with Crippen molar-refractivity contribution in [2.75, 3.05) is 0 Å². The summed E-state index contributed by atoms with van der Waals surface area (Å²) in [6.07, 6.45) is 0.993. The Balaban J connectivity index is 2.05. The third kappa shape index (κ3) is 2.14. The second-order valence-electron chi connectivity index (χ2n) is 4.59. The fourth-order valence-corrected chi connectivity index (χ4v) is 2.15. The van der Waals surface area contributed by atoms with Crippen LogP contribution in [0.15, 0.2) is 42.5 Å². The molecule has 0 amide bonds. The molecular formula is C15H13N3O2. The predicted octanol–water partition coefficient (Wildman–Crippen LogP) is 3.70. The van der Waals surface area contributed by atoms with Gasteiger partial charge in [-0.3, -0.25) is 10.1 Å². The van der Waals surface area contributed by atoms with Crippen molar-refractivity contribution in [2.45, 2.75) is 13.3 Å². The van der Waals surface area contributed by atoms with E-state index in [2.05, 4.69) is 29.0 Å². The molecule has 1 heterocycles. The maximum atomic E-state index is 10.8. The van der Waals surface area contributed by atoms with Crippen LogP contribution >= 0.6 is 0 Å². The smallest absolute Gasteiger partial charge is 0.271 e. The zero-order valence-corrected chi connectivity index (χ0v) is 11.0. The van der Waals surface area contributed by atoms with Gasteiger partial charge in [-0.05, 0) is 18.1 Å². The van der Waals surface area contributed by atoms with Crippen LogP contribution in [0.4, 0.5) is 5.69 Å². The van der Waals surface area contributed by atoms with Crippen LogP contribution in [0.1, 0.15) is 12.5 Å². The van der Waals surface area contributed by atoms with Crippen LogP contribution in [0.2, 0.25) is 0 Å². The molecule has 3 rings (SSSR count). The third-order valence-corrected chi connectivity index (χ3v) is 3.31. The van der Waals surface area contributed by atoms with Gasteiger partial charge in [0.05, 0.1) is 16.0 Å². The van der Waals surface area contributed by atoms with E-state index in [0.29, 0.717) is 5.52 Å². The number of aryl methyl sites for hydroxylation is 1. The standard InChI is InChI=1S/C15H13N3O2/c1-2-10-3-5-11(6-4-10)15-16-13-8-7-12(18(19)20)9-14(13)17-15/h3-9H,2H2,1H3,(H,16,17). The molecule has 2 aromatic carbocycles. The minimum atomic E-state index is -0.407. The van der Waals surface area contributed by atoms with Crippen LogP contribution in [0.5, 0.6) is 0 Å². The maximum Gasteiger partial charge on any atom is 0.271 e. The van der Waals surface area contributed by atoms with Gasteiger partial charge in [0.1, 0.15) is 5.82 Å². The van der Waals surface area contributed by atoms with Gasteiger partial charge in [-0.2, -0.15) is 0 Å². The number of imidazole rings is 1. The number of aromatic amines is 1. The number of fused-ring (bicyclic) bond motifs is 1. The van der Waals surface area contributed by atoms with Crippen molar-refractivity contribution >= 4 is 16.7 Å². The van der Waals surface area contributed by atoms with Crippen molar-refractivity contribution < 1.29 is 4.92 Å². The third-order valence-electron chi connectivity index (χ3n) is 3.31. The first-order valence-corrected chi connectivity index (χ1v) is 6.41. The highest BCUT2D eigenvalue weighted by molar-refractivity contribution is 5.81. The number of nitrogens with one attached hydrogen (secondary N) is 1. The zero-order valence-electron chi connectivity index (χ0n) is 11.0. The van der Waals surface area contributed by atoms with Crippen molar-refractivity contribution in [2.24, 2.45) is 0 Å². The Morgan fingerprint density at radius 1 is 1.20 bits per heavy atom. The largest absolute Gasteiger partial charge is 0.338 e. The summed E-state index contributed by atoms with van der Waals surface area (Å²) in [5.41, 5.74) is 3.70. The fraction of sp³-hybridized carbons (Fsp3) is 0.133. The second kappa shape index (κ2) is 4.77. The van der Waals surface area contributed by atoms with Crippen LogP contribution in [-0.2, 0) is 6.42 Å². The SMILES string of the molecule is CCc1ccc(-c2nc3ccc([N+](=O)[O-])cc3[nH]2)cc1. The Bertz CT molecular complexity index is 775. The number of nitro groups is 1. The quantitative estimate of drug-likeness (QED) is 0.581. The number of hydrogen-bond donors (Lipinski definition) is 1. The highest BCUT2D eigenvalue weighted by atomic mass is 16.6. The van der Waals surface area contributed by atoms with Crippen molar-refractivity contribution in [3.63, 3.8) is 0 Å². The topological polar surface area (TPSA) is 71.8 Å². The number of benzene rings is 2. The number of nitro benzene ring substituents is 1. The van der Waals surface area contributed by atoms with E-state index in [1.165, 1.54) is 17.7 Å². The van der Waals surface area contributed by atoms with Crippen molar-refractivity contribution in [3.05, 3.63) is 58.1 Å². The first-order valence-electron chi connectivity index (χ1n) is 6.41. The molecule has 1 N–H and O–H groups in total. The maximum absolute atomic E-state index is 10.8. The van der Waals surface area contributed by atoms with Crippen LogP contribution in [0.25, 0.3) is 22.4 Å². The molecule has 0 aliphatic rings. The van der Waals surface area contributed by atoms with Crippen LogP contribution < -0.4 is 0 Å². The highest BCUT2D eigenvalue weighted by Crippen LogP contribution is 2.24. The Hall–Kier alpha value is -2.69. The van der Waals surface area contributed by atoms with Gasteiger partial charge in [0.15, 0.2) is 0 Å². The minimum Gasteiger partial charge on any atom is -0.338 e. The monoisotopic (exact) mass is 267 g/mol. The van der Waals surface area contributed by atoms with Gasteiger partial charge in [0, 0.05) is 17.7 Å². The van der Waals surface area contributed by atoms with E-state index in [1.54, 1.807) is 6.07 Å². The molecule has 0 aliphatic carbocycles. The Kier molecular flexibility index (Phi) is 2.95. The molecule has 0 atom stereocenters. The summed E-state index contributed by atoms with van der Waals surface area (Å²) in [4.78, 5) is 17.9. The van der Waals surface area contributed by atoms with E-state index < -0.39 is 4.92 Å². The van der Waals surface area contributed by atoms with E-state index in [1.807, 2.05) is 12.1 Å². The van der Waals surface area contributed by atoms with Gasteiger partial charge >= 0.3 is 0 Å². The molecule has 0 fully saturated rings. The average molecular weight is 267 g/mol. The van der Waals surface area contributed by atoms with Crippen LogP contribution in [0.3, 0.4) is 0 Å². The molecule has 0 spiro atoms. The molecule has 0 saturated carbocycles. The highest BCUT2D eigenvalue weighted by Gasteiger charge is 2.10. The number of non-ortho nitro benzene ring substituents is 1. The minimum absolute atomic E-state index is 0.0639.